The van der Waals surface area contributed by atoms with Crippen molar-refractivity contribution in [2.75, 3.05) is 0 Å². The van der Waals surface area contributed by atoms with Crippen LogP contribution in [0.25, 0.3) is 0 Å². The second-order valence-corrected chi connectivity index (χ2v) is 4.75. The standard InChI is InChI=1S/C14H18O3.Na/c15-13(16)14(17,11-7-3-1-4-8-11)12-9-5-2-6-10-12;/h1,3-4,7-8,12,17H,2,5-6,9-10H2,(H,15,16);/q;+1/p-1. The van der Waals surface area contributed by atoms with E-state index >= 15 is 0 Å². The Hall–Kier alpha value is -0.350. The van der Waals surface area contributed by atoms with E-state index in [1.807, 2.05) is 0 Å². The normalized spacial score (nSPS) is 19.6. The minimum Gasteiger partial charge on any atom is -0.547 e. The number of carbonyl (C=O) groups is 1. The van der Waals surface area contributed by atoms with Crippen LogP contribution in [0.15, 0.2) is 30.3 Å². The van der Waals surface area contributed by atoms with Gasteiger partial charge >= 0.3 is 29.6 Å². The van der Waals surface area contributed by atoms with E-state index in [1.54, 1.807) is 30.3 Å². The fourth-order valence-corrected chi connectivity index (χ4v) is 2.73. The fraction of sp³-hybridized carbons (Fsp3) is 0.500. The van der Waals surface area contributed by atoms with Gasteiger partial charge in [0.15, 0.2) is 0 Å². The SMILES string of the molecule is O=C([O-])C(O)(c1ccccc1)C1CCCCC1.[Na+]. The van der Waals surface area contributed by atoms with E-state index in [-0.39, 0.29) is 35.5 Å². The van der Waals surface area contributed by atoms with Gasteiger partial charge in [-0.15, -0.1) is 0 Å². The molecule has 0 spiro atoms. The maximum Gasteiger partial charge on any atom is 1.00 e. The van der Waals surface area contributed by atoms with Gasteiger partial charge in [-0.05, 0) is 24.3 Å². The molecule has 0 aliphatic heterocycles. The minimum absolute atomic E-state index is 0. The molecule has 0 bridgehead atoms. The second kappa shape index (κ2) is 6.71. The number of aliphatic carboxylic acids is 1. The molecule has 1 aromatic carbocycles. The Balaban J connectivity index is 0.00000162. The topological polar surface area (TPSA) is 60.4 Å². The summed E-state index contributed by atoms with van der Waals surface area (Å²) in [6, 6.07) is 8.60. The summed E-state index contributed by atoms with van der Waals surface area (Å²) in [5.74, 6) is -1.61. The first-order chi connectivity index (χ1) is 8.15. The summed E-state index contributed by atoms with van der Waals surface area (Å²) in [6.45, 7) is 0. The number of benzene rings is 1. The average molecular weight is 256 g/mol. The van der Waals surface area contributed by atoms with Crippen molar-refractivity contribution in [3.8, 4) is 0 Å². The van der Waals surface area contributed by atoms with Gasteiger partial charge in [0, 0.05) is 0 Å². The molecule has 0 amide bonds. The number of carboxylic acid groups (broad SMARTS) is 1. The van der Waals surface area contributed by atoms with E-state index in [0.29, 0.717) is 5.56 Å². The number of aliphatic hydroxyl groups is 1. The van der Waals surface area contributed by atoms with Crippen molar-refractivity contribution in [2.45, 2.75) is 37.7 Å². The zero-order valence-electron chi connectivity index (χ0n) is 10.8. The Morgan fingerprint density at radius 1 is 1.17 bits per heavy atom. The van der Waals surface area contributed by atoms with Crippen LogP contribution in [-0.4, -0.2) is 11.1 Å². The quantitative estimate of drug-likeness (QED) is 0.650. The van der Waals surface area contributed by atoms with Gasteiger partial charge in [-0.3, -0.25) is 0 Å². The number of hydrogen-bond acceptors (Lipinski definition) is 3. The van der Waals surface area contributed by atoms with Crippen molar-refractivity contribution in [3.63, 3.8) is 0 Å². The molecule has 1 atom stereocenters. The maximum absolute atomic E-state index is 11.4. The van der Waals surface area contributed by atoms with Gasteiger partial charge in [-0.2, -0.15) is 0 Å². The van der Waals surface area contributed by atoms with Crippen LogP contribution in [-0.2, 0) is 10.4 Å². The van der Waals surface area contributed by atoms with Gasteiger partial charge < -0.3 is 15.0 Å². The maximum atomic E-state index is 11.4. The van der Waals surface area contributed by atoms with Gasteiger partial charge in [0.25, 0.3) is 0 Å². The molecular weight excluding hydrogens is 239 g/mol. The van der Waals surface area contributed by atoms with Crippen LogP contribution >= 0.6 is 0 Å². The van der Waals surface area contributed by atoms with Crippen LogP contribution in [0.4, 0.5) is 0 Å². The Morgan fingerprint density at radius 3 is 2.22 bits per heavy atom. The summed E-state index contributed by atoms with van der Waals surface area (Å²) in [7, 11) is 0. The predicted molar refractivity (Wildman–Crippen MR) is 61.9 cm³/mol. The molecule has 4 heteroatoms. The van der Waals surface area contributed by atoms with Crippen molar-refractivity contribution in [1.29, 1.82) is 0 Å². The first-order valence-electron chi connectivity index (χ1n) is 6.15. The molecule has 1 aliphatic carbocycles. The molecule has 0 radical (unpaired) electrons. The van der Waals surface area contributed by atoms with Gasteiger partial charge in [-0.25, -0.2) is 0 Å². The van der Waals surface area contributed by atoms with Crippen molar-refractivity contribution in [3.05, 3.63) is 35.9 Å². The van der Waals surface area contributed by atoms with Crippen LogP contribution in [0.5, 0.6) is 0 Å². The molecule has 1 saturated carbocycles. The molecule has 0 aromatic heterocycles. The second-order valence-electron chi connectivity index (χ2n) is 4.75. The third-order valence-electron chi connectivity index (χ3n) is 3.72. The Morgan fingerprint density at radius 2 is 1.72 bits per heavy atom. The molecule has 1 N–H and O–H groups in total. The first kappa shape index (κ1) is 15.7. The molecule has 18 heavy (non-hydrogen) atoms. The van der Waals surface area contributed by atoms with Crippen LogP contribution in [0, 0.1) is 5.92 Å². The fourth-order valence-electron chi connectivity index (χ4n) is 2.73. The first-order valence-corrected chi connectivity index (χ1v) is 6.15. The van der Waals surface area contributed by atoms with Crippen molar-refractivity contribution < 1.29 is 44.6 Å². The van der Waals surface area contributed by atoms with Gasteiger partial charge in [-0.1, -0.05) is 49.6 Å². The van der Waals surface area contributed by atoms with Crippen molar-refractivity contribution in [2.24, 2.45) is 5.92 Å². The van der Waals surface area contributed by atoms with Crippen LogP contribution in [0.2, 0.25) is 0 Å². The third-order valence-corrected chi connectivity index (χ3v) is 3.72. The number of hydrogen-bond donors (Lipinski definition) is 1. The van der Waals surface area contributed by atoms with E-state index in [4.69, 9.17) is 0 Å². The van der Waals surface area contributed by atoms with Gasteiger partial charge in [0.1, 0.15) is 5.60 Å². The Bertz CT molecular complexity index is 387. The molecule has 92 valence electrons. The largest absolute Gasteiger partial charge is 1.00 e. The Kier molecular flexibility index (Phi) is 5.86. The van der Waals surface area contributed by atoms with Crippen LogP contribution in [0.1, 0.15) is 37.7 Å². The summed E-state index contributed by atoms with van der Waals surface area (Å²) in [6.07, 6.45) is 4.58. The molecular formula is C14H17NaO3. The molecule has 0 heterocycles. The number of rotatable bonds is 3. The van der Waals surface area contributed by atoms with Crippen molar-refractivity contribution >= 4 is 5.97 Å². The molecule has 0 saturated heterocycles. The summed E-state index contributed by atoms with van der Waals surface area (Å²) >= 11 is 0. The van der Waals surface area contributed by atoms with Crippen molar-refractivity contribution in [1.82, 2.24) is 0 Å². The average Bonchev–Trinajstić information content (AvgIpc) is 2.39. The monoisotopic (exact) mass is 256 g/mol. The third kappa shape index (κ3) is 2.97. The molecule has 1 fully saturated rings. The van der Waals surface area contributed by atoms with Crippen LogP contribution < -0.4 is 34.7 Å². The molecule has 1 unspecified atom stereocenters. The van der Waals surface area contributed by atoms with E-state index in [1.165, 1.54) is 0 Å². The summed E-state index contributed by atoms with van der Waals surface area (Å²) < 4.78 is 0. The summed E-state index contributed by atoms with van der Waals surface area (Å²) in [5.41, 5.74) is -1.39. The zero-order valence-corrected chi connectivity index (χ0v) is 12.8. The zero-order chi connectivity index (χ0) is 12.3. The minimum atomic E-state index is -1.83. The summed E-state index contributed by atoms with van der Waals surface area (Å²) in [4.78, 5) is 11.4. The Labute approximate surface area is 130 Å². The molecule has 1 aromatic rings. The predicted octanol–water partition coefficient (Wildman–Crippen LogP) is -1.79. The van der Waals surface area contributed by atoms with Gasteiger partial charge in [0.2, 0.25) is 0 Å². The smallest absolute Gasteiger partial charge is 0.547 e. The summed E-state index contributed by atoms with van der Waals surface area (Å²) in [5, 5.41) is 21.9. The van der Waals surface area contributed by atoms with Crippen LogP contribution in [0.3, 0.4) is 0 Å². The number of carbonyl (C=O) groups excluding carboxylic acids is 1. The number of carboxylic acids is 1. The van der Waals surface area contributed by atoms with E-state index in [2.05, 4.69) is 0 Å². The van der Waals surface area contributed by atoms with E-state index < -0.39 is 11.6 Å². The molecule has 1 aliphatic rings. The van der Waals surface area contributed by atoms with Gasteiger partial charge in [0.05, 0.1) is 5.97 Å². The van der Waals surface area contributed by atoms with E-state index in [9.17, 15) is 15.0 Å². The van der Waals surface area contributed by atoms with E-state index in [0.717, 1.165) is 32.1 Å². The molecule has 2 rings (SSSR count). The molecule has 3 nitrogen and oxygen atoms in total.